The molecule has 0 unspecified atom stereocenters. The lowest BCUT2D eigenvalue weighted by molar-refractivity contribution is 0.200. The van der Waals surface area contributed by atoms with Gasteiger partial charge in [-0.1, -0.05) is 42.0 Å². The first-order valence-corrected chi connectivity index (χ1v) is 11.3. The van der Waals surface area contributed by atoms with Crippen molar-refractivity contribution in [1.82, 2.24) is 24.6 Å². The van der Waals surface area contributed by atoms with Crippen LogP contribution in [0.2, 0.25) is 0 Å². The van der Waals surface area contributed by atoms with Crippen LogP contribution < -0.4 is 15.4 Å². The summed E-state index contributed by atoms with van der Waals surface area (Å²) in [6.07, 6.45) is 0. The Hall–Kier alpha value is -3.65. The van der Waals surface area contributed by atoms with Crippen LogP contribution in [0.25, 0.3) is 22.3 Å². The molecule has 170 valence electrons. The average molecular weight is 444 g/mol. The number of para-hydroxylation sites is 1. The number of hydrogen-bond acceptors (Lipinski definition) is 7. The molecule has 0 spiro atoms. The van der Waals surface area contributed by atoms with E-state index in [2.05, 4.69) is 40.0 Å². The lowest BCUT2D eigenvalue weighted by Crippen LogP contribution is -2.48. The summed E-state index contributed by atoms with van der Waals surface area (Å²) in [5.74, 6) is 2.20. The molecule has 0 saturated carbocycles. The maximum atomic E-state index is 6.34. The minimum absolute atomic E-state index is 0.580. The molecule has 0 atom stereocenters. The van der Waals surface area contributed by atoms with Crippen molar-refractivity contribution in [3.63, 3.8) is 0 Å². The first-order valence-electron chi connectivity index (χ1n) is 11.3. The highest BCUT2D eigenvalue weighted by molar-refractivity contribution is 5.99. The molecule has 0 bridgehead atoms. The third kappa shape index (κ3) is 4.47. The zero-order valence-corrected chi connectivity index (χ0v) is 19.1. The number of fused-ring (bicyclic) bond motifs is 1. The van der Waals surface area contributed by atoms with E-state index >= 15 is 0 Å². The Labute approximate surface area is 193 Å². The second kappa shape index (κ2) is 9.07. The molecule has 1 aliphatic rings. The Balaban J connectivity index is 1.32. The minimum atomic E-state index is 0.580. The van der Waals surface area contributed by atoms with Crippen LogP contribution in [0.4, 0.5) is 11.8 Å². The third-order valence-corrected chi connectivity index (χ3v) is 6.09. The molecule has 5 rings (SSSR count). The minimum Gasteiger partial charge on any atom is -0.492 e. The van der Waals surface area contributed by atoms with Crippen molar-refractivity contribution in [2.45, 2.75) is 6.92 Å². The van der Waals surface area contributed by atoms with Crippen molar-refractivity contribution in [2.24, 2.45) is 7.05 Å². The van der Waals surface area contributed by atoms with Gasteiger partial charge in [-0.15, -0.1) is 0 Å². The van der Waals surface area contributed by atoms with Gasteiger partial charge in [0.15, 0.2) is 5.65 Å². The van der Waals surface area contributed by atoms with E-state index in [4.69, 9.17) is 20.4 Å². The largest absolute Gasteiger partial charge is 0.492 e. The Morgan fingerprint density at radius 1 is 0.970 bits per heavy atom. The highest BCUT2D eigenvalue weighted by atomic mass is 16.5. The number of aromatic nitrogens is 4. The molecule has 3 heterocycles. The van der Waals surface area contributed by atoms with Gasteiger partial charge in [-0.3, -0.25) is 9.58 Å². The van der Waals surface area contributed by atoms with Gasteiger partial charge in [0.05, 0.1) is 11.1 Å². The van der Waals surface area contributed by atoms with Crippen LogP contribution in [-0.4, -0.2) is 64.0 Å². The van der Waals surface area contributed by atoms with E-state index in [-0.39, 0.29) is 0 Å². The molecular formula is C25H29N7O. The lowest BCUT2D eigenvalue weighted by Gasteiger charge is -2.34. The van der Waals surface area contributed by atoms with E-state index in [0.717, 1.165) is 55.1 Å². The number of aryl methyl sites for hydroxylation is 2. The maximum absolute atomic E-state index is 6.34. The Bertz CT molecular complexity index is 1250. The number of nitrogen functional groups attached to an aromatic ring is 1. The Morgan fingerprint density at radius 3 is 2.52 bits per heavy atom. The van der Waals surface area contributed by atoms with E-state index in [0.29, 0.717) is 24.0 Å². The Kier molecular flexibility index (Phi) is 5.83. The molecule has 33 heavy (non-hydrogen) atoms. The number of nitrogens with two attached hydrogens (primary N) is 1. The SMILES string of the molecule is Cc1cccc(-c2nc(N3CCN(CCOc4ccccc4)CC3)nc3nn(C)c(N)c23)c1. The number of anilines is 2. The lowest BCUT2D eigenvalue weighted by atomic mass is 10.1. The zero-order valence-electron chi connectivity index (χ0n) is 19.1. The molecule has 0 aliphatic carbocycles. The quantitative estimate of drug-likeness (QED) is 0.490. The topological polar surface area (TPSA) is 85.3 Å². The molecule has 2 aromatic heterocycles. The van der Waals surface area contributed by atoms with E-state index in [1.165, 1.54) is 5.56 Å². The van der Waals surface area contributed by atoms with Crippen LogP contribution in [-0.2, 0) is 7.05 Å². The van der Waals surface area contributed by atoms with Crippen molar-refractivity contribution in [2.75, 3.05) is 50.0 Å². The second-order valence-corrected chi connectivity index (χ2v) is 8.44. The van der Waals surface area contributed by atoms with Crippen LogP contribution in [0.5, 0.6) is 5.75 Å². The molecule has 2 aromatic carbocycles. The summed E-state index contributed by atoms with van der Waals surface area (Å²) in [5, 5.41) is 5.36. The number of nitrogens with zero attached hydrogens (tertiary/aromatic N) is 6. The third-order valence-electron chi connectivity index (χ3n) is 6.09. The van der Waals surface area contributed by atoms with Crippen molar-refractivity contribution < 1.29 is 4.74 Å². The molecule has 1 aliphatic heterocycles. The van der Waals surface area contributed by atoms with Gasteiger partial charge in [-0.05, 0) is 25.1 Å². The number of benzene rings is 2. The van der Waals surface area contributed by atoms with Gasteiger partial charge in [0, 0.05) is 45.3 Å². The summed E-state index contributed by atoms with van der Waals surface area (Å²) in [7, 11) is 1.84. The highest BCUT2D eigenvalue weighted by Crippen LogP contribution is 2.32. The molecule has 8 nitrogen and oxygen atoms in total. The van der Waals surface area contributed by atoms with E-state index in [1.54, 1.807) is 4.68 Å². The van der Waals surface area contributed by atoms with Crippen LogP contribution in [0.1, 0.15) is 5.56 Å². The number of piperazine rings is 1. The molecule has 0 radical (unpaired) electrons. The van der Waals surface area contributed by atoms with Crippen molar-refractivity contribution in [1.29, 1.82) is 0 Å². The van der Waals surface area contributed by atoms with Gasteiger partial charge in [-0.25, -0.2) is 4.98 Å². The van der Waals surface area contributed by atoms with Crippen LogP contribution in [0.3, 0.4) is 0 Å². The van der Waals surface area contributed by atoms with Crippen molar-refractivity contribution >= 4 is 22.8 Å². The summed E-state index contributed by atoms with van der Waals surface area (Å²) < 4.78 is 7.53. The second-order valence-electron chi connectivity index (χ2n) is 8.44. The predicted octanol–water partition coefficient (Wildman–Crippen LogP) is 3.12. The van der Waals surface area contributed by atoms with Gasteiger partial charge < -0.3 is 15.4 Å². The van der Waals surface area contributed by atoms with Gasteiger partial charge in [-0.2, -0.15) is 10.1 Å². The molecule has 1 fully saturated rings. The zero-order chi connectivity index (χ0) is 22.8. The molecule has 2 N–H and O–H groups in total. The van der Waals surface area contributed by atoms with Gasteiger partial charge in [0.1, 0.15) is 18.2 Å². The fourth-order valence-electron chi connectivity index (χ4n) is 4.23. The van der Waals surface area contributed by atoms with Crippen molar-refractivity contribution in [3.8, 4) is 17.0 Å². The highest BCUT2D eigenvalue weighted by Gasteiger charge is 2.23. The van der Waals surface area contributed by atoms with Gasteiger partial charge in [0.25, 0.3) is 0 Å². The van der Waals surface area contributed by atoms with Crippen molar-refractivity contribution in [3.05, 3.63) is 60.2 Å². The number of rotatable bonds is 6. The molecule has 0 amide bonds. The summed E-state index contributed by atoms with van der Waals surface area (Å²) >= 11 is 0. The standard InChI is InChI=1S/C25H29N7O/c1-18-7-6-8-19(17-18)22-21-23(26)30(2)29-24(21)28-25(27-22)32-13-11-31(12-14-32)15-16-33-20-9-4-3-5-10-20/h3-10,17H,11-16,26H2,1-2H3. The smallest absolute Gasteiger partial charge is 0.228 e. The summed E-state index contributed by atoms with van der Waals surface area (Å²) in [4.78, 5) is 14.4. The summed E-state index contributed by atoms with van der Waals surface area (Å²) in [5.41, 5.74) is 10.0. The fraction of sp³-hybridized carbons (Fsp3) is 0.320. The maximum Gasteiger partial charge on any atom is 0.228 e. The van der Waals surface area contributed by atoms with E-state index < -0.39 is 0 Å². The number of hydrogen-bond donors (Lipinski definition) is 1. The van der Waals surface area contributed by atoms with E-state index in [9.17, 15) is 0 Å². The molecular weight excluding hydrogens is 414 g/mol. The molecule has 4 aromatic rings. The summed E-state index contributed by atoms with van der Waals surface area (Å²) in [6.45, 7) is 7.23. The van der Waals surface area contributed by atoms with Crippen LogP contribution >= 0.6 is 0 Å². The Morgan fingerprint density at radius 2 is 1.76 bits per heavy atom. The fourth-order valence-corrected chi connectivity index (χ4v) is 4.23. The van der Waals surface area contributed by atoms with Gasteiger partial charge >= 0.3 is 0 Å². The molecule has 1 saturated heterocycles. The van der Waals surface area contributed by atoms with E-state index in [1.807, 2.05) is 43.4 Å². The first-order chi connectivity index (χ1) is 16.1. The summed E-state index contributed by atoms with van der Waals surface area (Å²) in [6, 6.07) is 18.3. The average Bonchev–Trinajstić information content (AvgIpc) is 3.13. The first kappa shape index (κ1) is 21.2. The van der Waals surface area contributed by atoms with Gasteiger partial charge in [0.2, 0.25) is 5.95 Å². The predicted molar refractivity (Wildman–Crippen MR) is 131 cm³/mol. The number of ether oxygens (including phenoxy) is 1. The normalized spacial score (nSPS) is 14.7. The molecule has 8 heteroatoms. The van der Waals surface area contributed by atoms with Crippen LogP contribution in [0.15, 0.2) is 54.6 Å². The van der Waals surface area contributed by atoms with Crippen LogP contribution in [0, 0.1) is 6.92 Å². The monoisotopic (exact) mass is 443 g/mol.